The molecule has 1 heterocycles. The van der Waals surface area contributed by atoms with E-state index in [2.05, 4.69) is 5.10 Å². The largest absolute Gasteiger partial charge is 0.292 e. The molecule has 0 saturated carbocycles. The molecule has 3 nitrogen and oxygen atoms in total. The number of carbonyl (C=O) groups is 1. The van der Waals surface area contributed by atoms with Gasteiger partial charge in [-0.1, -0.05) is 59.1 Å². The van der Waals surface area contributed by atoms with E-state index in [0.717, 1.165) is 11.3 Å². The van der Waals surface area contributed by atoms with Crippen molar-refractivity contribution in [3.63, 3.8) is 0 Å². The zero-order chi connectivity index (χ0) is 22.1. The average Bonchev–Trinajstić information content (AvgIpc) is 3.07. The molecule has 31 heavy (non-hydrogen) atoms. The number of rotatable bonds is 5. The maximum absolute atomic E-state index is 13.2. The molecule has 3 aromatic carbocycles. The fraction of sp³-hybridized carbons (Fsp3) is 0.0833. The number of aromatic nitrogens is 2. The molecule has 156 valence electrons. The van der Waals surface area contributed by atoms with Crippen molar-refractivity contribution < 1.29 is 9.18 Å². The van der Waals surface area contributed by atoms with Gasteiger partial charge in [0.15, 0.2) is 5.78 Å². The highest BCUT2D eigenvalue weighted by Crippen LogP contribution is 2.33. The standard InChI is InChI=1S/C24H16Cl3FN2O/c1-14-23(22(31)12-15-2-9-19(28)10-3-15)29-30(21-11-8-18(26)13-20(21)27)24(14)16-4-6-17(25)7-5-16/h2-11,13H,12H2,1H3. The Labute approximate surface area is 194 Å². The molecule has 0 aliphatic rings. The molecular weight excluding hydrogens is 458 g/mol. The Balaban J connectivity index is 1.84. The molecule has 1 aromatic heterocycles. The smallest absolute Gasteiger partial charge is 0.187 e. The van der Waals surface area contributed by atoms with Crippen LogP contribution in [-0.4, -0.2) is 15.6 Å². The van der Waals surface area contributed by atoms with E-state index in [1.54, 1.807) is 47.1 Å². The predicted molar refractivity (Wildman–Crippen MR) is 123 cm³/mol. The molecule has 0 fully saturated rings. The van der Waals surface area contributed by atoms with Crippen LogP contribution in [0.15, 0.2) is 66.7 Å². The van der Waals surface area contributed by atoms with E-state index in [4.69, 9.17) is 34.8 Å². The van der Waals surface area contributed by atoms with Crippen LogP contribution in [0.3, 0.4) is 0 Å². The summed E-state index contributed by atoms with van der Waals surface area (Å²) in [5, 5.41) is 6.12. The van der Waals surface area contributed by atoms with Crippen molar-refractivity contribution in [1.29, 1.82) is 0 Å². The predicted octanol–water partition coefficient (Wildman–Crippen LogP) is 7.37. The Morgan fingerprint density at radius 1 is 0.935 bits per heavy atom. The lowest BCUT2D eigenvalue weighted by atomic mass is 10.0. The van der Waals surface area contributed by atoms with Crippen molar-refractivity contribution in [3.8, 4) is 16.9 Å². The molecule has 0 bridgehead atoms. The van der Waals surface area contributed by atoms with Crippen molar-refractivity contribution in [1.82, 2.24) is 9.78 Å². The lowest BCUT2D eigenvalue weighted by Gasteiger charge is -2.11. The first-order chi connectivity index (χ1) is 14.8. The van der Waals surface area contributed by atoms with Crippen molar-refractivity contribution in [2.24, 2.45) is 0 Å². The zero-order valence-electron chi connectivity index (χ0n) is 16.4. The molecule has 7 heteroatoms. The van der Waals surface area contributed by atoms with Gasteiger partial charge in [0, 0.05) is 27.6 Å². The zero-order valence-corrected chi connectivity index (χ0v) is 18.6. The second kappa shape index (κ2) is 8.83. The number of hydrogen-bond donors (Lipinski definition) is 0. The topological polar surface area (TPSA) is 34.9 Å². The molecule has 4 rings (SSSR count). The minimum absolute atomic E-state index is 0.104. The number of benzene rings is 3. The SMILES string of the molecule is Cc1c(C(=O)Cc2ccc(F)cc2)nn(-c2ccc(Cl)cc2Cl)c1-c1ccc(Cl)cc1. The third-order valence-electron chi connectivity index (χ3n) is 4.92. The van der Waals surface area contributed by atoms with Gasteiger partial charge in [-0.2, -0.15) is 5.10 Å². The number of carbonyl (C=O) groups excluding carboxylic acids is 1. The van der Waals surface area contributed by atoms with Crippen molar-refractivity contribution >= 4 is 40.6 Å². The van der Waals surface area contributed by atoms with Crippen LogP contribution in [0.1, 0.15) is 21.6 Å². The third-order valence-corrected chi connectivity index (χ3v) is 5.71. The lowest BCUT2D eigenvalue weighted by molar-refractivity contribution is 0.0987. The average molecular weight is 474 g/mol. The van der Waals surface area contributed by atoms with E-state index in [-0.39, 0.29) is 18.0 Å². The molecule has 0 aliphatic heterocycles. The number of nitrogens with zero attached hydrogens (tertiary/aromatic N) is 2. The quantitative estimate of drug-likeness (QED) is 0.284. The molecule has 0 atom stereocenters. The summed E-state index contributed by atoms with van der Waals surface area (Å²) >= 11 is 18.6. The fourth-order valence-corrected chi connectivity index (χ4v) is 4.02. The number of ketones is 1. The van der Waals surface area contributed by atoms with E-state index in [1.165, 1.54) is 12.1 Å². The molecule has 0 N–H and O–H groups in total. The highest BCUT2D eigenvalue weighted by Gasteiger charge is 2.23. The molecule has 4 aromatic rings. The lowest BCUT2D eigenvalue weighted by Crippen LogP contribution is -2.07. The number of Topliss-reactive ketones (excluding diaryl/α,β-unsaturated/α-hetero) is 1. The molecule has 0 unspecified atom stereocenters. The van der Waals surface area contributed by atoms with Crippen LogP contribution >= 0.6 is 34.8 Å². The van der Waals surface area contributed by atoms with Gasteiger partial charge in [-0.15, -0.1) is 0 Å². The molecule has 0 saturated heterocycles. The van der Waals surface area contributed by atoms with E-state index in [9.17, 15) is 9.18 Å². The maximum atomic E-state index is 13.2. The summed E-state index contributed by atoms with van der Waals surface area (Å²) in [6, 6.07) is 18.2. The van der Waals surface area contributed by atoms with Gasteiger partial charge in [0.05, 0.1) is 16.4 Å². The Morgan fingerprint density at radius 2 is 1.58 bits per heavy atom. The van der Waals surface area contributed by atoms with E-state index >= 15 is 0 Å². The van der Waals surface area contributed by atoms with E-state index in [1.807, 2.05) is 19.1 Å². The summed E-state index contributed by atoms with van der Waals surface area (Å²) in [4.78, 5) is 13.1. The summed E-state index contributed by atoms with van der Waals surface area (Å²) in [7, 11) is 0. The van der Waals surface area contributed by atoms with Crippen LogP contribution in [0, 0.1) is 12.7 Å². The van der Waals surface area contributed by atoms with Crippen LogP contribution in [0.5, 0.6) is 0 Å². The van der Waals surface area contributed by atoms with Gasteiger partial charge in [-0.05, 0) is 55.0 Å². The molecule has 0 spiro atoms. The van der Waals surface area contributed by atoms with Crippen molar-refractivity contribution in [2.75, 3.05) is 0 Å². The van der Waals surface area contributed by atoms with Gasteiger partial charge in [0.25, 0.3) is 0 Å². The Bertz CT molecular complexity index is 1270. The van der Waals surface area contributed by atoms with Gasteiger partial charge in [-0.3, -0.25) is 4.79 Å². The molecule has 0 aliphatic carbocycles. The summed E-state index contributed by atoms with van der Waals surface area (Å²) in [5.74, 6) is -0.526. The Morgan fingerprint density at radius 3 is 2.23 bits per heavy atom. The summed E-state index contributed by atoms with van der Waals surface area (Å²) in [6.45, 7) is 1.84. The first-order valence-corrected chi connectivity index (χ1v) is 10.6. The van der Waals surface area contributed by atoms with Crippen LogP contribution in [0.4, 0.5) is 4.39 Å². The van der Waals surface area contributed by atoms with Crippen LogP contribution in [0.2, 0.25) is 15.1 Å². The monoisotopic (exact) mass is 472 g/mol. The van der Waals surface area contributed by atoms with E-state index < -0.39 is 0 Å². The second-order valence-electron chi connectivity index (χ2n) is 7.06. The third kappa shape index (κ3) is 4.52. The van der Waals surface area contributed by atoms with Crippen LogP contribution in [0.25, 0.3) is 16.9 Å². The van der Waals surface area contributed by atoms with Gasteiger partial charge in [-0.25, -0.2) is 9.07 Å². The summed E-state index contributed by atoms with van der Waals surface area (Å²) in [5.41, 5.74) is 3.89. The number of halogens is 4. The first kappa shape index (κ1) is 21.6. The molecule has 0 radical (unpaired) electrons. The van der Waals surface area contributed by atoms with Crippen LogP contribution < -0.4 is 0 Å². The summed E-state index contributed by atoms with van der Waals surface area (Å²) < 4.78 is 14.9. The van der Waals surface area contributed by atoms with Crippen molar-refractivity contribution in [3.05, 3.63) is 104 Å². The highest BCUT2D eigenvalue weighted by molar-refractivity contribution is 6.35. The van der Waals surface area contributed by atoms with Gasteiger partial charge < -0.3 is 0 Å². The van der Waals surface area contributed by atoms with Crippen molar-refractivity contribution in [2.45, 2.75) is 13.3 Å². The normalized spacial score (nSPS) is 11.0. The van der Waals surface area contributed by atoms with Gasteiger partial charge in [0.2, 0.25) is 0 Å². The number of hydrogen-bond acceptors (Lipinski definition) is 2. The minimum Gasteiger partial charge on any atom is -0.292 e. The Hall–Kier alpha value is -2.66. The molecule has 0 amide bonds. The maximum Gasteiger partial charge on any atom is 0.187 e. The van der Waals surface area contributed by atoms with Gasteiger partial charge >= 0.3 is 0 Å². The molecular formula is C24H16Cl3FN2O. The minimum atomic E-state index is -0.348. The second-order valence-corrected chi connectivity index (χ2v) is 8.34. The highest BCUT2D eigenvalue weighted by atomic mass is 35.5. The van der Waals surface area contributed by atoms with E-state index in [0.29, 0.717) is 37.6 Å². The van der Waals surface area contributed by atoms with Gasteiger partial charge in [0.1, 0.15) is 11.5 Å². The Kier molecular flexibility index (Phi) is 6.15. The van der Waals surface area contributed by atoms with Crippen LogP contribution in [-0.2, 0) is 6.42 Å². The fourth-order valence-electron chi connectivity index (χ4n) is 3.41. The summed E-state index contributed by atoms with van der Waals surface area (Å²) in [6.07, 6.45) is 0.104. The first-order valence-electron chi connectivity index (χ1n) is 9.42.